The van der Waals surface area contributed by atoms with E-state index >= 15 is 0 Å². The molecule has 0 saturated heterocycles. The van der Waals surface area contributed by atoms with Crippen LogP contribution in [0.1, 0.15) is 26.3 Å². The first kappa shape index (κ1) is 13.7. The molecule has 0 aliphatic heterocycles. The summed E-state index contributed by atoms with van der Waals surface area (Å²) in [5.41, 5.74) is 0.755. The summed E-state index contributed by atoms with van der Waals surface area (Å²) in [6.45, 7) is 6.51. The van der Waals surface area contributed by atoms with Crippen molar-refractivity contribution in [1.82, 2.24) is 5.32 Å². The monoisotopic (exact) mass is 305 g/mol. The van der Waals surface area contributed by atoms with Crippen LogP contribution >= 0.6 is 27.3 Å². The average molecular weight is 306 g/mol. The fourth-order valence-corrected chi connectivity index (χ4v) is 2.33. The van der Waals surface area contributed by atoms with Crippen LogP contribution in [-0.2, 0) is 16.1 Å². The molecule has 0 spiro atoms. The van der Waals surface area contributed by atoms with Crippen LogP contribution < -0.4 is 5.32 Å². The Bertz CT molecular complexity index is 357. The molecule has 1 N–H and O–H groups in total. The number of nitrogens with one attached hydrogen (secondary N) is 1. The maximum atomic E-state index is 11.4. The van der Waals surface area contributed by atoms with Crippen molar-refractivity contribution in [3.8, 4) is 0 Å². The van der Waals surface area contributed by atoms with E-state index < -0.39 is 5.60 Å². The molecule has 90 valence electrons. The predicted octanol–water partition coefficient (Wildman–Crippen LogP) is 2.94. The highest BCUT2D eigenvalue weighted by atomic mass is 79.9. The quantitative estimate of drug-likeness (QED) is 0.869. The summed E-state index contributed by atoms with van der Waals surface area (Å²) >= 11 is 5.03. The molecular formula is C11H16BrNO2S. The molecular weight excluding hydrogens is 290 g/mol. The second-order valence-corrected chi connectivity index (χ2v) is 6.74. The van der Waals surface area contributed by atoms with Crippen molar-refractivity contribution in [2.75, 3.05) is 6.54 Å². The van der Waals surface area contributed by atoms with E-state index in [1.165, 1.54) is 5.56 Å². The highest BCUT2D eigenvalue weighted by Crippen LogP contribution is 2.20. The molecule has 0 unspecified atom stereocenters. The molecule has 0 aliphatic carbocycles. The summed E-state index contributed by atoms with van der Waals surface area (Å²) in [5.74, 6) is -0.221. The number of esters is 1. The maximum absolute atomic E-state index is 11.4. The Morgan fingerprint density at radius 2 is 2.25 bits per heavy atom. The second kappa shape index (κ2) is 5.80. The van der Waals surface area contributed by atoms with Crippen molar-refractivity contribution in [1.29, 1.82) is 0 Å². The van der Waals surface area contributed by atoms with E-state index in [1.807, 2.05) is 32.2 Å². The number of hydrogen-bond acceptors (Lipinski definition) is 4. The third kappa shape index (κ3) is 5.63. The van der Waals surface area contributed by atoms with E-state index in [0.717, 1.165) is 3.79 Å². The largest absolute Gasteiger partial charge is 0.459 e. The van der Waals surface area contributed by atoms with Crippen LogP contribution in [0, 0.1) is 0 Å². The summed E-state index contributed by atoms with van der Waals surface area (Å²) < 4.78 is 6.27. The van der Waals surface area contributed by atoms with Crippen LogP contribution in [-0.4, -0.2) is 18.1 Å². The van der Waals surface area contributed by atoms with Gasteiger partial charge in [-0.05, 0) is 53.7 Å². The van der Waals surface area contributed by atoms with Crippen LogP contribution in [0.3, 0.4) is 0 Å². The van der Waals surface area contributed by atoms with Gasteiger partial charge in [-0.2, -0.15) is 0 Å². The smallest absolute Gasteiger partial charge is 0.320 e. The van der Waals surface area contributed by atoms with Crippen molar-refractivity contribution >= 4 is 33.2 Å². The van der Waals surface area contributed by atoms with Crippen LogP contribution in [0.25, 0.3) is 0 Å². The van der Waals surface area contributed by atoms with Gasteiger partial charge in [0.15, 0.2) is 0 Å². The molecule has 3 nitrogen and oxygen atoms in total. The zero-order chi connectivity index (χ0) is 12.2. The zero-order valence-corrected chi connectivity index (χ0v) is 12.1. The average Bonchev–Trinajstić information content (AvgIpc) is 2.48. The third-order valence-electron chi connectivity index (χ3n) is 1.64. The molecule has 0 aromatic carbocycles. The highest BCUT2D eigenvalue weighted by molar-refractivity contribution is 9.11. The lowest BCUT2D eigenvalue weighted by atomic mass is 10.2. The predicted molar refractivity (Wildman–Crippen MR) is 69.6 cm³/mol. The molecule has 5 heteroatoms. The van der Waals surface area contributed by atoms with Gasteiger partial charge >= 0.3 is 5.97 Å². The van der Waals surface area contributed by atoms with E-state index in [9.17, 15) is 4.79 Å². The molecule has 1 rings (SSSR count). The van der Waals surface area contributed by atoms with E-state index in [4.69, 9.17) is 4.74 Å². The molecule has 0 radical (unpaired) electrons. The van der Waals surface area contributed by atoms with Crippen molar-refractivity contribution in [3.63, 3.8) is 0 Å². The highest BCUT2D eigenvalue weighted by Gasteiger charge is 2.15. The summed E-state index contributed by atoms with van der Waals surface area (Å²) in [4.78, 5) is 11.4. The molecule has 0 saturated carbocycles. The van der Waals surface area contributed by atoms with Gasteiger partial charge in [-0.25, -0.2) is 0 Å². The standard InChI is InChI=1S/C11H16BrNO2S/c1-11(2,3)15-10(14)6-13-5-8-4-9(12)16-7-8/h4,7,13H,5-6H2,1-3H3. The molecule has 0 fully saturated rings. The molecule has 1 aromatic heterocycles. The fourth-order valence-electron chi connectivity index (χ4n) is 1.12. The Morgan fingerprint density at radius 3 is 2.75 bits per heavy atom. The van der Waals surface area contributed by atoms with Gasteiger partial charge < -0.3 is 10.1 Å². The van der Waals surface area contributed by atoms with Crippen molar-refractivity contribution in [3.05, 3.63) is 20.8 Å². The lowest BCUT2D eigenvalue weighted by Gasteiger charge is -2.19. The number of carbonyl (C=O) groups is 1. The van der Waals surface area contributed by atoms with E-state index in [2.05, 4.69) is 21.2 Å². The van der Waals surface area contributed by atoms with Crippen LogP contribution in [0.15, 0.2) is 15.2 Å². The SMILES string of the molecule is CC(C)(C)OC(=O)CNCc1csc(Br)c1. The minimum atomic E-state index is -0.413. The van der Waals surface area contributed by atoms with Gasteiger partial charge in [-0.3, -0.25) is 4.79 Å². The molecule has 1 aromatic rings. The van der Waals surface area contributed by atoms with Crippen molar-refractivity contribution < 1.29 is 9.53 Å². The van der Waals surface area contributed by atoms with Gasteiger partial charge in [0.1, 0.15) is 5.60 Å². The summed E-state index contributed by atoms with van der Waals surface area (Å²) in [6.07, 6.45) is 0. The van der Waals surface area contributed by atoms with Gasteiger partial charge in [-0.15, -0.1) is 11.3 Å². The Labute approximate surface area is 108 Å². The summed E-state index contributed by atoms with van der Waals surface area (Å²) in [7, 11) is 0. The van der Waals surface area contributed by atoms with Gasteiger partial charge in [0.25, 0.3) is 0 Å². The molecule has 0 aliphatic rings. The van der Waals surface area contributed by atoms with E-state index in [1.54, 1.807) is 11.3 Å². The van der Waals surface area contributed by atoms with Crippen LogP contribution in [0.4, 0.5) is 0 Å². The second-order valence-electron chi connectivity index (χ2n) is 4.45. The minimum absolute atomic E-state index is 0.221. The maximum Gasteiger partial charge on any atom is 0.320 e. The summed E-state index contributed by atoms with van der Waals surface area (Å²) in [6, 6.07) is 2.03. The van der Waals surface area contributed by atoms with Crippen LogP contribution in [0.2, 0.25) is 0 Å². The Hall–Kier alpha value is -0.390. The Balaban J connectivity index is 2.23. The molecule has 0 bridgehead atoms. The van der Waals surface area contributed by atoms with Gasteiger partial charge in [-0.1, -0.05) is 0 Å². The van der Waals surface area contributed by atoms with E-state index in [-0.39, 0.29) is 12.5 Å². The fraction of sp³-hybridized carbons (Fsp3) is 0.545. The third-order valence-corrected chi connectivity index (χ3v) is 3.19. The topological polar surface area (TPSA) is 38.3 Å². The zero-order valence-electron chi connectivity index (χ0n) is 9.67. The van der Waals surface area contributed by atoms with Gasteiger partial charge in [0, 0.05) is 6.54 Å². The number of hydrogen-bond donors (Lipinski definition) is 1. The first-order valence-corrected chi connectivity index (χ1v) is 6.69. The Kier molecular flexibility index (Phi) is 4.95. The Morgan fingerprint density at radius 1 is 1.56 bits per heavy atom. The number of halogens is 1. The van der Waals surface area contributed by atoms with Crippen molar-refractivity contribution in [2.24, 2.45) is 0 Å². The number of thiophene rings is 1. The van der Waals surface area contributed by atoms with Crippen LogP contribution in [0.5, 0.6) is 0 Å². The van der Waals surface area contributed by atoms with Gasteiger partial charge in [0.05, 0.1) is 10.3 Å². The van der Waals surface area contributed by atoms with Crippen molar-refractivity contribution in [2.45, 2.75) is 32.9 Å². The molecule has 0 amide bonds. The normalized spacial score (nSPS) is 11.5. The lowest BCUT2D eigenvalue weighted by Crippen LogP contribution is -2.31. The summed E-state index contributed by atoms with van der Waals surface area (Å²) in [5, 5.41) is 5.10. The first-order chi connectivity index (χ1) is 7.37. The number of ether oxygens (including phenoxy) is 1. The first-order valence-electron chi connectivity index (χ1n) is 5.02. The molecule has 0 atom stereocenters. The lowest BCUT2D eigenvalue weighted by molar-refractivity contribution is -0.153. The molecule has 1 heterocycles. The van der Waals surface area contributed by atoms with Gasteiger partial charge in [0.2, 0.25) is 0 Å². The number of rotatable bonds is 4. The van der Waals surface area contributed by atoms with E-state index in [0.29, 0.717) is 6.54 Å². The minimum Gasteiger partial charge on any atom is -0.459 e. The molecule has 16 heavy (non-hydrogen) atoms. The number of carbonyl (C=O) groups excluding carboxylic acids is 1.